The summed E-state index contributed by atoms with van der Waals surface area (Å²) in [5.41, 5.74) is 0.586. The molecule has 132 valence electrons. The molecule has 1 fully saturated rings. The molecule has 0 radical (unpaired) electrons. The van der Waals surface area contributed by atoms with Gasteiger partial charge in [0.2, 0.25) is 10.0 Å². The maximum atomic E-state index is 12.7. The van der Waals surface area contributed by atoms with Crippen LogP contribution in [0.25, 0.3) is 0 Å². The Balaban J connectivity index is 0.00000264. The monoisotopic (exact) mass is 382 g/mol. The first-order valence-corrected chi connectivity index (χ1v) is 10.6. The van der Waals surface area contributed by atoms with Crippen molar-refractivity contribution in [3.63, 3.8) is 0 Å². The zero-order valence-corrected chi connectivity index (χ0v) is 15.8. The van der Waals surface area contributed by atoms with Gasteiger partial charge in [0.1, 0.15) is 0 Å². The molecule has 1 heterocycles. The van der Waals surface area contributed by atoms with E-state index in [1.807, 2.05) is 13.8 Å². The number of hydrogen-bond donors (Lipinski definition) is 1. The molecule has 0 spiro atoms. The van der Waals surface area contributed by atoms with Gasteiger partial charge in [0.05, 0.1) is 10.6 Å². The number of hydrogen-bond acceptors (Lipinski definition) is 5. The Hall–Kier alpha value is -0.670. The highest BCUT2D eigenvalue weighted by Crippen LogP contribution is 2.22. The zero-order valence-electron chi connectivity index (χ0n) is 13.4. The second-order valence-electron chi connectivity index (χ2n) is 5.81. The molecule has 1 saturated heterocycles. The number of nitrogens with one attached hydrogen (secondary N) is 1. The smallest absolute Gasteiger partial charge is 0.243 e. The average Bonchev–Trinajstić information content (AvgIpc) is 2.40. The Kier molecular flexibility index (Phi) is 6.63. The summed E-state index contributed by atoms with van der Waals surface area (Å²) < 4.78 is 49.5. The van der Waals surface area contributed by atoms with Gasteiger partial charge in [-0.1, -0.05) is 12.1 Å². The molecule has 0 saturated carbocycles. The lowest BCUT2D eigenvalue weighted by molar-refractivity contribution is 0.233. The van der Waals surface area contributed by atoms with E-state index < -0.39 is 19.9 Å². The molecule has 0 amide bonds. The van der Waals surface area contributed by atoms with Crippen LogP contribution in [0.5, 0.6) is 0 Å². The fourth-order valence-corrected chi connectivity index (χ4v) is 5.06. The van der Waals surface area contributed by atoms with E-state index in [-0.39, 0.29) is 35.1 Å². The molecule has 1 N–H and O–H groups in total. The Morgan fingerprint density at radius 2 is 1.70 bits per heavy atom. The molecule has 1 aliphatic heterocycles. The van der Waals surface area contributed by atoms with E-state index in [1.54, 1.807) is 12.1 Å². The van der Waals surface area contributed by atoms with Crippen molar-refractivity contribution in [1.82, 2.24) is 9.62 Å². The highest BCUT2D eigenvalue weighted by atomic mass is 35.5. The van der Waals surface area contributed by atoms with Gasteiger partial charge in [-0.05, 0) is 31.5 Å². The molecule has 9 heteroatoms. The van der Waals surface area contributed by atoms with Gasteiger partial charge in [-0.15, -0.1) is 12.4 Å². The van der Waals surface area contributed by atoms with Crippen LogP contribution >= 0.6 is 12.4 Å². The van der Waals surface area contributed by atoms with Gasteiger partial charge < -0.3 is 5.32 Å². The number of benzene rings is 1. The predicted molar refractivity (Wildman–Crippen MR) is 93.1 cm³/mol. The van der Waals surface area contributed by atoms with Gasteiger partial charge in [-0.3, -0.25) is 0 Å². The average molecular weight is 383 g/mol. The van der Waals surface area contributed by atoms with Crippen LogP contribution in [0.15, 0.2) is 29.2 Å². The number of halogens is 1. The van der Waals surface area contributed by atoms with Gasteiger partial charge in [-0.2, -0.15) is 4.31 Å². The van der Waals surface area contributed by atoms with Gasteiger partial charge in [0, 0.05) is 31.4 Å². The van der Waals surface area contributed by atoms with Crippen molar-refractivity contribution in [2.24, 2.45) is 0 Å². The van der Waals surface area contributed by atoms with Gasteiger partial charge in [0.15, 0.2) is 9.84 Å². The van der Waals surface area contributed by atoms with Crippen molar-refractivity contribution in [1.29, 1.82) is 0 Å². The normalized spacial score (nSPS) is 23.3. The lowest BCUT2D eigenvalue weighted by Crippen LogP contribution is -2.57. The van der Waals surface area contributed by atoms with E-state index in [0.717, 1.165) is 6.26 Å². The van der Waals surface area contributed by atoms with Crippen LogP contribution in [-0.2, 0) is 25.6 Å². The Morgan fingerprint density at radius 1 is 1.13 bits per heavy atom. The number of sulfonamides is 1. The van der Waals surface area contributed by atoms with Crippen molar-refractivity contribution >= 4 is 32.3 Å². The minimum Gasteiger partial charge on any atom is -0.311 e. The number of rotatable bonds is 4. The fourth-order valence-electron chi connectivity index (χ4n) is 2.56. The summed E-state index contributed by atoms with van der Waals surface area (Å²) in [6.45, 7) is 4.89. The number of piperazine rings is 1. The summed E-state index contributed by atoms with van der Waals surface area (Å²) in [4.78, 5) is 0.200. The second kappa shape index (κ2) is 7.48. The quantitative estimate of drug-likeness (QED) is 0.840. The zero-order chi connectivity index (χ0) is 16.5. The van der Waals surface area contributed by atoms with Crippen molar-refractivity contribution in [3.05, 3.63) is 29.8 Å². The third-order valence-electron chi connectivity index (χ3n) is 3.94. The van der Waals surface area contributed by atoms with Crippen LogP contribution in [0.4, 0.5) is 0 Å². The second-order valence-corrected chi connectivity index (χ2v) is 9.84. The van der Waals surface area contributed by atoms with Crippen LogP contribution in [-0.4, -0.2) is 52.6 Å². The predicted octanol–water partition coefficient (Wildman–Crippen LogP) is 1.02. The first kappa shape index (κ1) is 20.4. The maximum absolute atomic E-state index is 12.7. The molecule has 0 aromatic heterocycles. The molecule has 6 nitrogen and oxygen atoms in total. The van der Waals surface area contributed by atoms with E-state index in [0.29, 0.717) is 18.7 Å². The molecular weight excluding hydrogens is 360 g/mol. The van der Waals surface area contributed by atoms with Gasteiger partial charge in [-0.25, -0.2) is 16.8 Å². The van der Waals surface area contributed by atoms with Crippen LogP contribution < -0.4 is 5.32 Å². The molecule has 1 aliphatic rings. The molecule has 2 unspecified atom stereocenters. The van der Waals surface area contributed by atoms with Crippen molar-refractivity contribution < 1.29 is 16.8 Å². The van der Waals surface area contributed by atoms with E-state index in [9.17, 15) is 16.8 Å². The largest absolute Gasteiger partial charge is 0.311 e. The van der Waals surface area contributed by atoms with Crippen LogP contribution in [0, 0.1) is 0 Å². The minimum absolute atomic E-state index is 0. The van der Waals surface area contributed by atoms with Crippen molar-refractivity contribution in [3.8, 4) is 0 Å². The SMILES string of the molecule is CC1NCCN(S(=O)(=O)c2ccc(CS(C)(=O)=O)cc2)C1C.Cl. The lowest BCUT2D eigenvalue weighted by atomic mass is 10.1. The van der Waals surface area contributed by atoms with Crippen LogP contribution in [0.3, 0.4) is 0 Å². The molecule has 2 rings (SSSR count). The summed E-state index contributed by atoms with van der Waals surface area (Å²) in [7, 11) is -6.69. The summed E-state index contributed by atoms with van der Waals surface area (Å²) >= 11 is 0. The molecule has 23 heavy (non-hydrogen) atoms. The lowest BCUT2D eigenvalue weighted by Gasteiger charge is -2.37. The fraction of sp³-hybridized carbons (Fsp3) is 0.571. The number of nitrogens with zero attached hydrogens (tertiary/aromatic N) is 1. The Bertz CT molecular complexity index is 733. The summed E-state index contributed by atoms with van der Waals surface area (Å²) in [6, 6.07) is 6.04. The number of sulfone groups is 1. The van der Waals surface area contributed by atoms with E-state index in [1.165, 1.54) is 16.4 Å². The standard InChI is InChI=1S/C14H22N2O4S2.ClH/c1-11-12(2)16(9-8-15-11)22(19,20)14-6-4-13(5-7-14)10-21(3,17)18;/h4-7,11-12,15H,8-10H2,1-3H3;1H. The summed E-state index contributed by atoms with van der Waals surface area (Å²) in [5, 5.41) is 3.25. The Morgan fingerprint density at radius 3 is 2.22 bits per heavy atom. The van der Waals surface area contributed by atoms with Crippen molar-refractivity contribution in [2.45, 2.75) is 36.6 Å². The van der Waals surface area contributed by atoms with Gasteiger partial charge in [0.25, 0.3) is 0 Å². The van der Waals surface area contributed by atoms with Crippen LogP contribution in [0.2, 0.25) is 0 Å². The van der Waals surface area contributed by atoms with E-state index in [4.69, 9.17) is 0 Å². The highest BCUT2D eigenvalue weighted by molar-refractivity contribution is 7.90. The topological polar surface area (TPSA) is 83.6 Å². The third-order valence-corrected chi connectivity index (χ3v) is 6.79. The molecule has 1 aromatic rings. The highest BCUT2D eigenvalue weighted by Gasteiger charge is 2.34. The molecule has 2 atom stereocenters. The first-order valence-electron chi connectivity index (χ1n) is 7.13. The minimum atomic E-state index is -3.56. The van der Waals surface area contributed by atoms with Crippen LogP contribution in [0.1, 0.15) is 19.4 Å². The van der Waals surface area contributed by atoms with E-state index >= 15 is 0 Å². The molecule has 0 bridgehead atoms. The summed E-state index contributed by atoms with van der Waals surface area (Å²) in [5.74, 6) is -0.0889. The third kappa shape index (κ3) is 4.90. The molecule has 0 aliphatic carbocycles. The maximum Gasteiger partial charge on any atom is 0.243 e. The van der Waals surface area contributed by atoms with Gasteiger partial charge >= 0.3 is 0 Å². The Labute approximate surface area is 144 Å². The first-order chi connectivity index (χ1) is 10.1. The van der Waals surface area contributed by atoms with E-state index in [2.05, 4.69) is 5.32 Å². The summed E-state index contributed by atoms with van der Waals surface area (Å²) in [6.07, 6.45) is 1.15. The molecule has 1 aromatic carbocycles. The van der Waals surface area contributed by atoms with Crippen molar-refractivity contribution in [2.75, 3.05) is 19.3 Å². The molecular formula is C14H23ClN2O4S2.